The first-order valence-electron chi connectivity index (χ1n) is 28.8. The maximum Gasteiger partial charge on any atom is 0.472 e. The molecule has 0 heterocycles. The van der Waals surface area contributed by atoms with Crippen molar-refractivity contribution in [3.63, 3.8) is 0 Å². The van der Waals surface area contributed by atoms with Crippen LogP contribution in [0.4, 0.5) is 0 Å². The normalized spacial score (nSPS) is 13.7. The zero-order valence-electron chi connectivity index (χ0n) is 43.5. The zero-order chi connectivity index (χ0) is 47.4. The highest BCUT2D eigenvalue weighted by atomic mass is 31.2. The molecular formula is C56H113N2O6P. The maximum atomic E-state index is 12.8. The van der Waals surface area contributed by atoms with Gasteiger partial charge in [-0.15, -0.1) is 0 Å². The van der Waals surface area contributed by atoms with Crippen molar-refractivity contribution in [1.82, 2.24) is 5.32 Å². The van der Waals surface area contributed by atoms with Crippen LogP contribution in [0.3, 0.4) is 0 Å². The molecule has 0 aliphatic heterocycles. The van der Waals surface area contributed by atoms with Crippen LogP contribution in [-0.4, -0.2) is 47.8 Å². The van der Waals surface area contributed by atoms with Crippen molar-refractivity contribution < 1.29 is 28.4 Å². The highest BCUT2D eigenvalue weighted by molar-refractivity contribution is 7.47. The molecule has 0 saturated carbocycles. The molecule has 1 amide bonds. The number of phosphoric acid groups is 1. The number of hydrogen-bond donors (Lipinski definition) is 4. The van der Waals surface area contributed by atoms with Crippen molar-refractivity contribution in [3.8, 4) is 0 Å². The van der Waals surface area contributed by atoms with E-state index in [1.165, 1.54) is 250 Å². The predicted molar refractivity (Wildman–Crippen MR) is 282 cm³/mol. The number of unbranched alkanes of at least 4 members (excludes halogenated alkanes) is 43. The number of phosphoric ester groups is 1. The largest absolute Gasteiger partial charge is 0.472 e. The van der Waals surface area contributed by atoms with Crippen LogP contribution in [-0.2, 0) is 18.4 Å². The lowest BCUT2D eigenvalue weighted by atomic mass is 10.0. The first kappa shape index (κ1) is 64.2. The topological polar surface area (TPSA) is 131 Å². The van der Waals surface area contributed by atoms with Gasteiger partial charge in [0.2, 0.25) is 5.91 Å². The van der Waals surface area contributed by atoms with Crippen molar-refractivity contribution in [2.24, 2.45) is 5.73 Å². The van der Waals surface area contributed by atoms with Gasteiger partial charge in [0.15, 0.2) is 0 Å². The molecular weight excluding hydrogens is 828 g/mol. The molecule has 0 fully saturated rings. The van der Waals surface area contributed by atoms with Crippen LogP contribution >= 0.6 is 7.82 Å². The Hall–Kier alpha value is -0.760. The SMILES string of the molecule is CCCCCCCCCCCC/C=C/[C@@H](O)[C@H](COP(=O)(O)OCCN)NC(=O)CCCCCCCCCCCCCCCCCCCCCCCCCCCCCCCCCCCC. The summed E-state index contributed by atoms with van der Waals surface area (Å²) in [4.78, 5) is 22.8. The van der Waals surface area contributed by atoms with Crippen LogP contribution in [0.15, 0.2) is 12.2 Å². The molecule has 5 N–H and O–H groups in total. The molecule has 0 saturated heterocycles. The van der Waals surface area contributed by atoms with E-state index < -0.39 is 20.0 Å². The van der Waals surface area contributed by atoms with E-state index in [1.807, 2.05) is 6.08 Å². The van der Waals surface area contributed by atoms with Crippen molar-refractivity contribution in [2.45, 2.75) is 321 Å². The van der Waals surface area contributed by atoms with Crippen LogP contribution in [0.1, 0.15) is 309 Å². The van der Waals surface area contributed by atoms with Crippen LogP contribution < -0.4 is 11.1 Å². The van der Waals surface area contributed by atoms with Gasteiger partial charge in [-0.1, -0.05) is 296 Å². The van der Waals surface area contributed by atoms with Crippen molar-refractivity contribution in [1.29, 1.82) is 0 Å². The van der Waals surface area contributed by atoms with Crippen molar-refractivity contribution >= 4 is 13.7 Å². The van der Waals surface area contributed by atoms with E-state index in [2.05, 4.69) is 19.2 Å². The van der Waals surface area contributed by atoms with Gasteiger partial charge in [-0.2, -0.15) is 0 Å². The fourth-order valence-electron chi connectivity index (χ4n) is 9.02. The van der Waals surface area contributed by atoms with Gasteiger partial charge >= 0.3 is 7.82 Å². The minimum atomic E-state index is -4.34. The Morgan fingerprint density at radius 3 is 1.09 bits per heavy atom. The van der Waals surface area contributed by atoms with Gasteiger partial charge < -0.3 is 21.1 Å². The predicted octanol–water partition coefficient (Wildman–Crippen LogP) is 17.5. The molecule has 0 radical (unpaired) electrons. The fraction of sp³-hybridized carbons (Fsp3) is 0.946. The molecule has 0 bridgehead atoms. The number of carbonyl (C=O) groups is 1. The molecule has 65 heavy (non-hydrogen) atoms. The average molecular weight is 942 g/mol. The van der Waals surface area contributed by atoms with E-state index in [4.69, 9.17) is 14.8 Å². The molecule has 0 aliphatic carbocycles. The third-order valence-corrected chi connectivity index (χ3v) is 14.3. The van der Waals surface area contributed by atoms with Gasteiger partial charge in [0, 0.05) is 13.0 Å². The summed E-state index contributed by atoms with van der Waals surface area (Å²) in [6, 6.07) is -0.855. The second kappa shape index (κ2) is 52.6. The number of nitrogens with one attached hydrogen (secondary N) is 1. The minimum Gasteiger partial charge on any atom is -0.387 e. The summed E-state index contributed by atoms with van der Waals surface area (Å²) < 4.78 is 22.2. The Morgan fingerprint density at radius 1 is 0.492 bits per heavy atom. The second-order valence-electron chi connectivity index (χ2n) is 19.9. The van der Waals surface area contributed by atoms with Gasteiger partial charge in [0.05, 0.1) is 25.4 Å². The summed E-state index contributed by atoms with van der Waals surface area (Å²) >= 11 is 0. The Balaban J connectivity index is 3.76. The zero-order valence-corrected chi connectivity index (χ0v) is 44.4. The molecule has 0 aromatic heterocycles. The van der Waals surface area contributed by atoms with Crippen molar-refractivity contribution in [3.05, 3.63) is 12.2 Å². The molecule has 1 unspecified atom stereocenters. The lowest BCUT2D eigenvalue weighted by Gasteiger charge is -2.23. The van der Waals surface area contributed by atoms with Gasteiger partial charge in [-0.3, -0.25) is 13.8 Å². The number of amides is 1. The number of nitrogens with two attached hydrogens (primary N) is 1. The molecule has 0 aromatic carbocycles. The number of aliphatic hydroxyl groups excluding tert-OH is 1. The van der Waals surface area contributed by atoms with Gasteiger partial charge in [0.25, 0.3) is 0 Å². The Bertz CT molecular complexity index is 1030. The average Bonchev–Trinajstić information content (AvgIpc) is 3.30. The highest BCUT2D eigenvalue weighted by Crippen LogP contribution is 2.43. The Labute approximate surface area is 405 Å². The maximum absolute atomic E-state index is 12.8. The van der Waals surface area contributed by atoms with E-state index in [0.717, 1.165) is 38.5 Å². The first-order chi connectivity index (χ1) is 31.9. The van der Waals surface area contributed by atoms with Crippen LogP contribution in [0.25, 0.3) is 0 Å². The van der Waals surface area contributed by atoms with Gasteiger partial charge in [-0.05, 0) is 19.3 Å². The summed E-state index contributed by atoms with van der Waals surface area (Å²) in [5.74, 6) is -0.188. The molecule has 0 aromatic rings. The summed E-state index contributed by atoms with van der Waals surface area (Å²) in [6.07, 6.45) is 63.3. The number of rotatable bonds is 55. The van der Waals surface area contributed by atoms with E-state index in [9.17, 15) is 19.4 Å². The van der Waals surface area contributed by atoms with E-state index >= 15 is 0 Å². The standard InChI is InChI=1S/C56H113N2O6P/c1-3-5-7-9-11-13-15-17-18-19-20-21-22-23-24-25-26-27-28-29-30-31-32-33-34-35-36-37-38-40-42-44-46-48-50-56(60)58-54(53-64-65(61,62)63-52-51-57)55(59)49-47-45-43-41-39-16-14-12-10-8-6-4-2/h47,49,54-55,59H,3-46,48,50-53,57H2,1-2H3,(H,58,60)(H,61,62)/b49-47+/t54-,55+/m0/s1. The molecule has 0 aliphatic rings. The van der Waals surface area contributed by atoms with Gasteiger partial charge in [-0.25, -0.2) is 4.57 Å². The lowest BCUT2D eigenvalue weighted by molar-refractivity contribution is -0.123. The van der Waals surface area contributed by atoms with E-state index in [-0.39, 0.29) is 25.7 Å². The molecule has 8 nitrogen and oxygen atoms in total. The second-order valence-corrected chi connectivity index (χ2v) is 21.3. The van der Waals surface area contributed by atoms with Crippen LogP contribution in [0.5, 0.6) is 0 Å². The monoisotopic (exact) mass is 941 g/mol. The smallest absolute Gasteiger partial charge is 0.387 e. The molecule has 3 atom stereocenters. The molecule has 388 valence electrons. The lowest BCUT2D eigenvalue weighted by Crippen LogP contribution is -2.45. The van der Waals surface area contributed by atoms with Crippen LogP contribution in [0, 0.1) is 0 Å². The number of aliphatic hydroxyl groups is 1. The van der Waals surface area contributed by atoms with Crippen LogP contribution in [0.2, 0.25) is 0 Å². The number of carbonyl (C=O) groups excluding carboxylic acids is 1. The number of hydrogen-bond acceptors (Lipinski definition) is 6. The summed E-state index contributed by atoms with van der Waals surface area (Å²) in [7, 11) is -4.34. The Morgan fingerprint density at radius 2 is 0.785 bits per heavy atom. The van der Waals surface area contributed by atoms with Crippen molar-refractivity contribution in [2.75, 3.05) is 19.8 Å². The quantitative estimate of drug-likeness (QED) is 0.0271. The van der Waals surface area contributed by atoms with E-state index in [1.54, 1.807) is 6.08 Å². The fourth-order valence-corrected chi connectivity index (χ4v) is 9.78. The summed E-state index contributed by atoms with van der Waals surface area (Å²) in [5.41, 5.74) is 5.39. The molecule has 0 spiro atoms. The minimum absolute atomic E-state index is 0.0815. The Kier molecular flexibility index (Phi) is 52.0. The van der Waals surface area contributed by atoms with Gasteiger partial charge in [0.1, 0.15) is 0 Å². The molecule has 9 heteroatoms. The highest BCUT2D eigenvalue weighted by Gasteiger charge is 2.27. The third-order valence-electron chi connectivity index (χ3n) is 13.4. The summed E-state index contributed by atoms with van der Waals surface area (Å²) in [5, 5.41) is 13.7. The number of allylic oxidation sites excluding steroid dienone is 1. The third kappa shape index (κ3) is 50.9. The first-order valence-corrected chi connectivity index (χ1v) is 30.3. The molecule has 0 rings (SSSR count). The van der Waals surface area contributed by atoms with E-state index in [0.29, 0.717) is 6.42 Å². The summed E-state index contributed by atoms with van der Waals surface area (Å²) in [6.45, 7) is 4.17.